The van der Waals surface area contributed by atoms with Crippen LogP contribution in [0.25, 0.3) is 0 Å². The minimum atomic E-state index is -3.30. The van der Waals surface area contributed by atoms with E-state index in [-0.39, 0.29) is 5.25 Å². The third-order valence-corrected chi connectivity index (χ3v) is 4.39. The van der Waals surface area contributed by atoms with Crippen LogP contribution in [0.3, 0.4) is 0 Å². The normalized spacial score (nSPS) is 29.6. The van der Waals surface area contributed by atoms with E-state index in [2.05, 4.69) is 13.8 Å². The van der Waals surface area contributed by atoms with Crippen molar-refractivity contribution in [2.24, 2.45) is 10.6 Å². The van der Waals surface area contributed by atoms with Crippen LogP contribution in [0.1, 0.15) is 46.0 Å². The van der Waals surface area contributed by atoms with E-state index in [0.717, 1.165) is 32.1 Å². The molecule has 3 nitrogen and oxygen atoms in total. The Labute approximate surface area is 80.8 Å². The highest BCUT2D eigenvalue weighted by molar-refractivity contribution is 7.89. The lowest BCUT2D eigenvalue weighted by Gasteiger charge is -2.21. The van der Waals surface area contributed by atoms with Crippen molar-refractivity contribution in [2.45, 2.75) is 51.2 Å². The summed E-state index contributed by atoms with van der Waals surface area (Å²) < 4.78 is 22.3. The Morgan fingerprint density at radius 2 is 1.85 bits per heavy atom. The summed E-state index contributed by atoms with van der Waals surface area (Å²) >= 11 is 0. The number of hydrogen-bond donors (Lipinski definition) is 1. The SMILES string of the molecule is CC1(C)CCCC(S(N)(=O)=O)CC1. The maximum atomic E-state index is 11.1. The third-order valence-electron chi connectivity index (χ3n) is 2.99. The van der Waals surface area contributed by atoms with Crippen LogP contribution in [0.2, 0.25) is 0 Å². The average Bonchev–Trinajstić information content (AvgIpc) is 2.08. The molecule has 13 heavy (non-hydrogen) atoms. The summed E-state index contributed by atoms with van der Waals surface area (Å²) in [5.41, 5.74) is 0.291. The van der Waals surface area contributed by atoms with Gasteiger partial charge in [-0.15, -0.1) is 0 Å². The molecule has 1 saturated carbocycles. The van der Waals surface area contributed by atoms with E-state index in [0.29, 0.717) is 5.41 Å². The highest BCUT2D eigenvalue weighted by atomic mass is 32.2. The van der Waals surface area contributed by atoms with Gasteiger partial charge in [-0.2, -0.15) is 0 Å². The van der Waals surface area contributed by atoms with Crippen LogP contribution >= 0.6 is 0 Å². The maximum absolute atomic E-state index is 11.1. The summed E-state index contributed by atoms with van der Waals surface area (Å²) in [5.74, 6) is 0. The van der Waals surface area contributed by atoms with Crippen molar-refractivity contribution in [2.75, 3.05) is 0 Å². The van der Waals surface area contributed by atoms with Crippen LogP contribution in [0.5, 0.6) is 0 Å². The Morgan fingerprint density at radius 1 is 1.23 bits per heavy atom. The molecule has 0 saturated heterocycles. The van der Waals surface area contributed by atoms with E-state index >= 15 is 0 Å². The molecule has 0 radical (unpaired) electrons. The predicted octanol–water partition coefficient (Wildman–Crippen LogP) is 1.63. The van der Waals surface area contributed by atoms with Gasteiger partial charge in [-0.05, 0) is 31.1 Å². The van der Waals surface area contributed by atoms with Gasteiger partial charge in [-0.1, -0.05) is 20.3 Å². The molecule has 4 heteroatoms. The van der Waals surface area contributed by atoms with Gasteiger partial charge in [0.2, 0.25) is 10.0 Å². The van der Waals surface area contributed by atoms with Crippen LogP contribution in [0.15, 0.2) is 0 Å². The zero-order valence-electron chi connectivity index (χ0n) is 8.41. The van der Waals surface area contributed by atoms with Crippen LogP contribution in [-0.2, 0) is 10.0 Å². The summed E-state index contributed by atoms with van der Waals surface area (Å²) in [6, 6.07) is 0. The van der Waals surface area contributed by atoms with E-state index in [1.54, 1.807) is 0 Å². The highest BCUT2D eigenvalue weighted by Crippen LogP contribution is 2.35. The molecule has 0 aromatic carbocycles. The van der Waals surface area contributed by atoms with E-state index in [1.165, 1.54) is 0 Å². The van der Waals surface area contributed by atoms with E-state index < -0.39 is 10.0 Å². The summed E-state index contributed by atoms with van der Waals surface area (Å²) in [7, 11) is -3.30. The molecular formula is C9H19NO2S. The Morgan fingerprint density at radius 3 is 2.38 bits per heavy atom. The second-order valence-electron chi connectivity index (χ2n) is 4.81. The van der Waals surface area contributed by atoms with Gasteiger partial charge in [0, 0.05) is 0 Å². The Bertz CT molecular complexity index is 269. The number of primary sulfonamides is 1. The van der Waals surface area contributed by atoms with Crippen molar-refractivity contribution in [3.63, 3.8) is 0 Å². The molecule has 1 aliphatic carbocycles. The van der Waals surface area contributed by atoms with Crippen molar-refractivity contribution < 1.29 is 8.42 Å². The Balaban J connectivity index is 2.66. The number of sulfonamides is 1. The lowest BCUT2D eigenvalue weighted by atomic mass is 9.85. The molecule has 0 aromatic rings. The van der Waals surface area contributed by atoms with Crippen LogP contribution in [0.4, 0.5) is 0 Å². The van der Waals surface area contributed by atoms with Gasteiger partial charge in [-0.25, -0.2) is 13.6 Å². The molecule has 1 unspecified atom stereocenters. The smallest absolute Gasteiger partial charge is 0.211 e. The van der Waals surface area contributed by atoms with Gasteiger partial charge in [0.1, 0.15) is 0 Å². The monoisotopic (exact) mass is 205 g/mol. The van der Waals surface area contributed by atoms with Gasteiger partial charge < -0.3 is 0 Å². The molecule has 0 spiro atoms. The summed E-state index contributed by atoms with van der Waals surface area (Å²) in [6.45, 7) is 4.39. The predicted molar refractivity (Wildman–Crippen MR) is 53.8 cm³/mol. The van der Waals surface area contributed by atoms with E-state index in [1.807, 2.05) is 0 Å². The minimum Gasteiger partial charge on any atom is -0.228 e. The molecule has 1 aliphatic rings. The molecule has 0 heterocycles. The van der Waals surface area contributed by atoms with E-state index in [4.69, 9.17) is 5.14 Å². The molecule has 2 N–H and O–H groups in total. The molecule has 1 rings (SSSR count). The van der Waals surface area contributed by atoms with Crippen LogP contribution in [-0.4, -0.2) is 13.7 Å². The first-order valence-corrected chi connectivity index (χ1v) is 6.44. The molecule has 78 valence electrons. The van der Waals surface area contributed by atoms with Crippen LogP contribution < -0.4 is 5.14 Å². The maximum Gasteiger partial charge on any atom is 0.211 e. The largest absolute Gasteiger partial charge is 0.228 e. The third kappa shape index (κ3) is 3.27. The Kier molecular flexibility index (Phi) is 3.02. The lowest BCUT2D eigenvalue weighted by molar-refractivity contribution is 0.314. The number of nitrogens with two attached hydrogens (primary N) is 1. The fourth-order valence-electron chi connectivity index (χ4n) is 1.96. The van der Waals surface area contributed by atoms with Crippen molar-refractivity contribution >= 4 is 10.0 Å². The first-order valence-electron chi connectivity index (χ1n) is 4.83. The highest BCUT2D eigenvalue weighted by Gasteiger charge is 2.29. The van der Waals surface area contributed by atoms with Crippen molar-refractivity contribution in [1.82, 2.24) is 0 Å². The fraction of sp³-hybridized carbons (Fsp3) is 1.00. The quantitative estimate of drug-likeness (QED) is 0.661. The zero-order valence-corrected chi connectivity index (χ0v) is 9.23. The number of rotatable bonds is 1. The fourth-order valence-corrected chi connectivity index (χ4v) is 2.90. The molecular weight excluding hydrogens is 186 g/mol. The van der Waals surface area contributed by atoms with Gasteiger partial charge in [-0.3, -0.25) is 0 Å². The van der Waals surface area contributed by atoms with Gasteiger partial charge in [0.25, 0.3) is 0 Å². The molecule has 1 atom stereocenters. The van der Waals surface area contributed by atoms with Crippen molar-refractivity contribution in [3.05, 3.63) is 0 Å². The average molecular weight is 205 g/mol. The first kappa shape index (κ1) is 11.0. The summed E-state index contributed by atoms with van der Waals surface area (Å²) in [6.07, 6.45) is 4.52. The summed E-state index contributed by atoms with van der Waals surface area (Å²) in [5, 5.41) is 4.84. The molecule has 0 amide bonds. The molecule has 0 aliphatic heterocycles. The van der Waals surface area contributed by atoms with Crippen LogP contribution in [0, 0.1) is 5.41 Å². The van der Waals surface area contributed by atoms with Crippen molar-refractivity contribution in [1.29, 1.82) is 0 Å². The van der Waals surface area contributed by atoms with Crippen molar-refractivity contribution in [3.8, 4) is 0 Å². The van der Waals surface area contributed by atoms with Gasteiger partial charge >= 0.3 is 0 Å². The molecule has 1 fully saturated rings. The molecule has 0 bridgehead atoms. The Hall–Kier alpha value is -0.0900. The first-order chi connectivity index (χ1) is 5.81. The second-order valence-corrected chi connectivity index (χ2v) is 6.65. The zero-order chi connectivity index (χ0) is 10.1. The minimum absolute atomic E-state index is 0.291. The summed E-state index contributed by atoms with van der Waals surface area (Å²) in [4.78, 5) is 0. The number of hydrogen-bond acceptors (Lipinski definition) is 2. The standard InChI is InChI=1S/C9H19NO2S/c1-9(2)6-3-4-8(5-7-9)13(10,11)12/h8H,3-7H2,1-2H3,(H2,10,11,12). The second kappa shape index (κ2) is 3.58. The molecule has 0 aromatic heterocycles. The van der Waals surface area contributed by atoms with Gasteiger partial charge in [0.15, 0.2) is 0 Å². The topological polar surface area (TPSA) is 60.2 Å². The van der Waals surface area contributed by atoms with E-state index in [9.17, 15) is 8.42 Å². The lowest BCUT2D eigenvalue weighted by Crippen LogP contribution is -2.28. The van der Waals surface area contributed by atoms with Gasteiger partial charge in [0.05, 0.1) is 5.25 Å².